The molecule has 4 rings (SSSR count). The van der Waals surface area contributed by atoms with E-state index in [0.717, 1.165) is 17.9 Å². The molecule has 0 aromatic heterocycles. The third-order valence-corrected chi connectivity index (χ3v) is 6.30. The van der Waals surface area contributed by atoms with Crippen molar-refractivity contribution in [2.45, 2.75) is 0 Å². The molecule has 2 aliphatic rings. The van der Waals surface area contributed by atoms with Gasteiger partial charge >= 0.3 is 0 Å². The average Bonchev–Trinajstić information content (AvgIpc) is 3.39. The van der Waals surface area contributed by atoms with Crippen LogP contribution in [0.2, 0.25) is 0 Å². The van der Waals surface area contributed by atoms with E-state index in [2.05, 4.69) is 55.0 Å². The van der Waals surface area contributed by atoms with Crippen molar-refractivity contribution in [2.24, 2.45) is 0 Å². The number of hydrogen-bond donors (Lipinski definition) is 0. The molecule has 0 amide bonds. The molecule has 2 saturated carbocycles. The summed E-state index contributed by atoms with van der Waals surface area (Å²) in [5.74, 6) is 0.795. The fraction of sp³-hybridized carbons (Fsp3) is 0. The van der Waals surface area contributed by atoms with Gasteiger partial charge < -0.3 is 4.79 Å². The molecule has 2 aromatic rings. The van der Waals surface area contributed by atoms with E-state index in [0.29, 0.717) is 0 Å². The summed E-state index contributed by atoms with van der Waals surface area (Å²) in [5, 5.41) is 2.53. The molecule has 0 heterocycles. The number of carbonyl (C=O) groups excluding carboxylic acids is 1. The topological polar surface area (TPSA) is 17.1 Å². The predicted molar refractivity (Wildman–Crippen MR) is 106 cm³/mol. The number of carbonyl (C=O) groups is 1. The van der Waals surface area contributed by atoms with E-state index < -0.39 is 7.92 Å². The first-order chi connectivity index (χ1) is 12.4. The summed E-state index contributed by atoms with van der Waals surface area (Å²) in [6, 6.07) is 20.8. The quantitative estimate of drug-likeness (QED) is 0.431. The summed E-state index contributed by atoms with van der Waals surface area (Å²) < 4.78 is 0. The van der Waals surface area contributed by atoms with Crippen molar-refractivity contribution in [2.75, 3.05) is 0 Å². The Morgan fingerprint density at radius 1 is 0.615 bits per heavy atom. The standard InChI is InChI=1S/C18H14OP.C5H5.Fe/c19-14-15-8-7-13-18(15)20(16-9-3-1-4-10-16)17-11-5-2-6-12-17;1-2-4-5-3-1;/h1-14H;1-5H;. The molecule has 10 radical (unpaired) electrons. The van der Waals surface area contributed by atoms with Crippen molar-refractivity contribution in [3.05, 3.63) is 124 Å². The van der Waals surface area contributed by atoms with E-state index in [1.807, 2.05) is 57.1 Å². The Hall–Kier alpha value is -0.941. The minimum absolute atomic E-state index is 0. The van der Waals surface area contributed by atoms with Crippen molar-refractivity contribution in [1.29, 1.82) is 0 Å². The molecule has 2 aliphatic carbocycles. The van der Waals surface area contributed by atoms with Crippen molar-refractivity contribution < 1.29 is 21.9 Å². The van der Waals surface area contributed by atoms with Crippen molar-refractivity contribution in [3.8, 4) is 0 Å². The molecule has 2 aromatic carbocycles. The van der Waals surface area contributed by atoms with Gasteiger partial charge in [0, 0.05) is 22.7 Å². The zero-order valence-electron chi connectivity index (χ0n) is 14.2. The molecule has 0 saturated heterocycles. The zero-order valence-corrected chi connectivity index (χ0v) is 16.2. The number of aldehydes is 1. The molecule has 2 fully saturated rings. The molecule has 0 bridgehead atoms. The summed E-state index contributed by atoms with van der Waals surface area (Å²) in [4.78, 5) is 11.3. The minimum Gasteiger partial charge on any atom is -0.303 e. The SMILES string of the molecule is O=C[C]1[CH][CH][CH][C]1P(c1ccccc1)c1ccccc1.[CH]1[CH][CH][CH][CH]1.[Fe]. The van der Waals surface area contributed by atoms with Crippen LogP contribution >= 0.6 is 7.92 Å². The minimum atomic E-state index is -0.667. The second-order valence-electron chi connectivity index (χ2n) is 5.45. The molecule has 1 nitrogen and oxygen atoms in total. The van der Waals surface area contributed by atoms with Gasteiger partial charge in [0.05, 0.1) is 5.92 Å². The molecular weight excluding hydrogens is 379 g/mol. The maximum absolute atomic E-state index is 11.3. The Morgan fingerprint density at radius 2 is 1.08 bits per heavy atom. The van der Waals surface area contributed by atoms with Crippen LogP contribution < -0.4 is 10.6 Å². The monoisotopic (exact) mass is 398 g/mol. The third kappa shape index (κ3) is 5.78. The van der Waals surface area contributed by atoms with Crippen LogP contribution in [0, 0.1) is 62.9 Å². The van der Waals surface area contributed by atoms with Crippen LogP contribution in [0.5, 0.6) is 0 Å². The first-order valence-electron chi connectivity index (χ1n) is 8.18. The van der Waals surface area contributed by atoms with Crippen molar-refractivity contribution >= 4 is 24.8 Å². The Kier molecular flexibility index (Phi) is 9.62. The molecule has 26 heavy (non-hydrogen) atoms. The van der Waals surface area contributed by atoms with Crippen molar-refractivity contribution in [3.63, 3.8) is 0 Å². The van der Waals surface area contributed by atoms with Crippen LogP contribution in [-0.2, 0) is 21.9 Å². The Morgan fingerprint density at radius 3 is 1.50 bits per heavy atom. The molecule has 0 unspecified atom stereocenters. The average molecular weight is 398 g/mol. The van der Waals surface area contributed by atoms with E-state index in [4.69, 9.17) is 0 Å². The first kappa shape index (κ1) is 21.4. The Labute approximate surface area is 170 Å². The summed E-state index contributed by atoms with van der Waals surface area (Å²) in [5.41, 5.74) is 1.13. The van der Waals surface area contributed by atoms with Gasteiger partial charge in [-0.15, -0.1) is 0 Å². The Bertz CT molecular complexity index is 580. The van der Waals surface area contributed by atoms with Gasteiger partial charge in [0.2, 0.25) is 0 Å². The third-order valence-electron chi connectivity index (χ3n) is 3.78. The van der Waals surface area contributed by atoms with E-state index in [-0.39, 0.29) is 17.1 Å². The van der Waals surface area contributed by atoms with Crippen LogP contribution in [0.4, 0.5) is 0 Å². The fourth-order valence-electron chi connectivity index (χ4n) is 2.63. The molecule has 0 N–H and O–H groups in total. The van der Waals surface area contributed by atoms with Crippen LogP contribution in [0.25, 0.3) is 0 Å². The number of benzene rings is 2. The molecule has 130 valence electrons. The van der Waals surface area contributed by atoms with Gasteiger partial charge in [-0.2, -0.15) is 0 Å². The van der Waals surface area contributed by atoms with Crippen LogP contribution in [0.1, 0.15) is 0 Å². The van der Waals surface area contributed by atoms with E-state index in [9.17, 15) is 4.79 Å². The van der Waals surface area contributed by atoms with E-state index in [1.165, 1.54) is 10.6 Å². The first-order valence-corrected chi connectivity index (χ1v) is 9.52. The smallest absolute Gasteiger partial charge is 0.128 e. The van der Waals surface area contributed by atoms with E-state index in [1.54, 1.807) is 0 Å². The summed E-state index contributed by atoms with van der Waals surface area (Å²) in [7, 11) is -0.667. The molecular formula is C23H19FeOP. The Balaban J connectivity index is 0.000000351. The van der Waals surface area contributed by atoms with Crippen LogP contribution in [-0.4, -0.2) is 6.29 Å². The molecule has 3 heteroatoms. The normalized spacial score (nSPS) is 17.4. The van der Waals surface area contributed by atoms with Crippen LogP contribution in [0.3, 0.4) is 0 Å². The number of rotatable bonds is 4. The maximum atomic E-state index is 11.3. The van der Waals surface area contributed by atoms with Gasteiger partial charge in [0.1, 0.15) is 6.29 Å². The number of hydrogen-bond acceptors (Lipinski definition) is 1. The summed E-state index contributed by atoms with van der Waals surface area (Å²) in [6.45, 7) is 0. The van der Waals surface area contributed by atoms with Gasteiger partial charge in [0.25, 0.3) is 0 Å². The van der Waals surface area contributed by atoms with Crippen LogP contribution in [0.15, 0.2) is 60.7 Å². The van der Waals surface area contributed by atoms with Gasteiger partial charge in [-0.05, 0) is 69.9 Å². The van der Waals surface area contributed by atoms with Gasteiger partial charge in [-0.25, -0.2) is 0 Å². The van der Waals surface area contributed by atoms with Crippen molar-refractivity contribution in [1.82, 2.24) is 0 Å². The molecule has 0 aliphatic heterocycles. The van der Waals surface area contributed by atoms with Gasteiger partial charge in [-0.3, -0.25) is 0 Å². The second-order valence-corrected chi connectivity index (χ2v) is 7.64. The van der Waals surface area contributed by atoms with Gasteiger partial charge in [0.15, 0.2) is 0 Å². The second kappa shape index (κ2) is 11.7. The molecule has 0 atom stereocenters. The largest absolute Gasteiger partial charge is 0.303 e. The predicted octanol–water partition coefficient (Wildman–Crippen LogP) is 4.07. The zero-order chi connectivity index (χ0) is 17.3. The summed E-state index contributed by atoms with van der Waals surface area (Å²) in [6.07, 6.45) is 16.9. The maximum Gasteiger partial charge on any atom is 0.128 e. The summed E-state index contributed by atoms with van der Waals surface area (Å²) >= 11 is 0. The van der Waals surface area contributed by atoms with Gasteiger partial charge in [-0.1, -0.05) is 60.7 Å². The van der Waals surface area contributed by atoms with E-state index >= 15 is 0 Å². The fourth-order valence-corrected chi connectivity index (χ4v) is 5.05. The molecule has 0 spiro atoms.